The van der Waals surface area contributed by atoms with E-state index in [0.29, 0.717) is 5.75 Å². The Morgan fingerprint density at radius 2 is 2.14 bits per heavy atom. The van der Waals surface area contributed by atoms with Gasteiger partial charge in [-0.15, -0.1) is 11.8 Å². The van der Waals surface area contributed by atoms with E-state index in [1.54, 1.807) is 26.0 Å². The lowest BCUT2D eigenvalue weighted by Crippen LogP contribution is -2.28. The Bertz CT molecular complexity index is 1290. The molecule has 3 atom stereocenters. The van der Waals surface area contributed by atoms with Gasteiger partial charge in [0.15, 0.2) is 11.2 Å². The number of aromatic amines is 1. The van der Waals surface area contributed by atoms with Crippen molar-refractivity contribution >= 4 is 40.9 Å². The van der Waals surface area contributed by atoms with Gasteiger partial charge in [-0.25, -0.2) is 9.78 Å². The second-order valence-electron chi connectivity index (χ2n) is 8.13. The van der Waals surface area contributed by atoms with Crippen LogP contribution in [0.2, 0.25) is 0 Å². The summed E-state index contributed by atoms with van der Waals surface area (Å²) in [5.74, 6) is -0.266. The summed E-state index contributed by atoms with van der Waals surface area (Å²) >= 11 is 1.43. The quantitative estimate of drug-likeness (QED) is 0.248. The normalized spacial score (nSPS) is 19.7. The molecular weight excluding hydrogens is 478 g/mol. The average molecular weight is 504 g/mol. The van der Waals surface area contributed by atoms with Crippen molar-refractivity contribution in [1.82, 2.24) is 19.5 Å². The van der Waals surface area contributed by atoms with Crippen LogP contribution in [0.5, 0.6) is 5.75 Å². The third-order valence-corrected chi connectivity index (χ3v) is 6.12. The van der Waals surface area contributed by atoms with Gasteiger partial charge in [-0.1, -0.05) is 26.0 Å². The molecule has 13 heteroatoms. The standard InChI is InChI=1S/C22H25N5O7S/c1-11(2)19(29)25-21-24-18-17(20(30)26-21)23-10-27(18)16-8-12(28)14(33-16)9-32-22(31)34-13-6-4-5-7-15(13)35-3/h4-7,10-12,14,16,28H,8-9H2,1-3H3,(H2,24,25,26,29,30)/t12-,14+,16+/m0/s1. The average Bonchev–Trinajstić information content (AvgIpc) is 3.41. The zero-order valence-electron chi connectivity index (χ0n) is 19.3. The first kappa shape index (κ1) is 24.7. The summed E-state index contributed by atoms with van der Waals surface area (Å²) in [6.45, 7) is 3.18. The third-order valence-electron chi connectivity index (χ3n) is 5.34. The predicted molar refractivity (Wildman–Crippen MR) is 126 cm³/mol. The van der Waals surface area contributed by atoms with Gasteiger partial charge in [0.2, 0.25) is 11.9 Å². The molecule has 0 saturated carbocycles. The summed E-state index contributed by atoms with van der Waals surface area (Å²) in [6.07, 6.45) is -0.0486. The van der Waals surface area contributed by atoms with Crippen LogP contribution in [0.1, 0.15) is 26.5 Å². The van der Waals surface area contributed by atoms with Gasteiger partial charge in [-0.3, -0.25) is 24.5 Å². The fraction of sp³-hybridized carbons (Fsp3) is 0.409. The highest BCUT2D eigenvalue weighted by atomic mass is 32.2. The number of carbonyl (C=O) groups excluding carboxylic acids is 2. The van der Waals surface area contributed by atoms with E-state index in [4.69, 9.17) is 14.2 Å². The number of carbonyl (C=O) groups is 2. The van der Waals surface area contributed by atoms with E-state index in [-0.39, 0.29) is 42.0 Å². The van der Waals surface area contributed by atoms with Gasteiger partial charge in [0, 0.05) is 12.3 Å². The van der Waals surface area contributed by atoms with Crippen LogP contribution in [0.3, 0.4) is 0 Å². The fourth-order valence-electron chi connectivity index (χ4n) is 3.47. The molecule has 0 aliphatic carbocycles. The van der Waals surface area contributed by atoms with E-state index in [1.807, 2.05) is 18.4 Å². The van der Waals surface area contributed by atoms with E-state index >= 15 is 0 Å². The van der Waals surface area contributed by atoms with Gasteiger partial charge in [0.05, 0.1) is 17.3 Å². The SMILES string of the molecule is CSc1ccccc1OC(=O)OC[C@H]1O[C@@H](n2cnc3c(=O)[nH]c(NC(=O)C(C)C)nc32)C[C@@H]1O. The molecule has 0 radical (unpaired) electrons. The second-order valence-corrected chi connectivity index (χ2v) is 8.98. The van der Waals surface area contributed by atoms with E-state index in [0.717, 1.165) is 4.90 Å². The highest BCUT2D eigenvalue weighted by Gasteiger charge is 2.37. The molecule has 35 heavy (non-hydrogen) atoms. The molecule has 3 heterocycles. The van der Waals surface area contributed by atoms with E-state index in [1.165, 1.54) is 22.7 Å². The molecular formula is C22H25N5O7S. The summed E-state index contributed by atoms with van der Waals surface area (Å²) < 4.78 is 17.8. The van der Waals surface area contributed by atoms with E-state index < -0.39 is 30.2 Å². The van der Waals surface area contributed by atoms with Crippen molar-refractivity contribution in [1.29, 1.82) is 0 Å². The van der Waals surface area contributed by atoms with Crippen LogP contribution in [-0.4, -0.2) is 61.8 Å². The lowest BCUT2D eigenvalue weighted by Gasteiger charge is -2.16. The first-order valence-electron chi connectivity index (χ1n) is 10.9. The van der Waals surface area contributed by atoms with Crippen molar-refractivity contribution in [2.24, 2.45) is 5.92 Å². The zero-order valence-corrected chi connectivity index (χ0v) is 20.1. The van der Waals surface area contributed by atoms with Crippen LogP contribution in [0, 0.1) is 5.92 Å². The number of H-pyrrole nitrogens is 1. The molecule has 3 aromatic rings. The minimum Gasteiger partial charge on any atom is -0.431 e. The highest BCUT2D eigenvalue weighted by molar-refractivity contribution is 7.98. The number of nitrogens with zero attached hydrogens (tertiary/aromatic N) is 3. The van der Waals surface area contributed by atoms with Crippen molar-refractivity contribution in [2.75, 3.05) is 18.2 Å². The zero-order chi connectivity index (χ0) is 25.1. The molecule has 1 saturated heterocycles. The number of para-hydroxylation sites is 1. The van der Waals surface area contributed by atoms with Crippen molar-refractivity contribution in [2.45, 2.75) is 43.6 Å². The highest BCUT2D eigenvalue weighted by Crippen LogP contribution is 2.31. The van der Waals surface area contributed by atoms with Crippen molar-refractivity contribution in [3.8, 4) is 5.75 Å². The van der Waals surface area contributed by atoms with Gasteiger partial charge in [0.25, 0.3) is 5.56 Å². The molecule has 0 spiro atoms. The van der Waals surface area contributed by atoms with Gasteiger partial charge in [-0.05, 0) is 18.4 Å². The number of anilines is 1. The lowest BCUT2D eigenvalue weighted by molar-refractivity contribution is -0.118. The van der Waals surface area contributed by atoms with Crippen LogP contribution in [0.25, 0.3) is 11.2 Å². The van der Waals surface area contributed by atoms with Crippen LogP contribution in [0.4, 0.5) is 10.7 Å². The van der Waals surface area contributed by atoms with E-state index in [2.05, 4.69) is 20.3 Å². The summed E-state index contributed by atoms with van der Waals surface area (Å²) in [6, 6.07) is 7.04. The number of amides is 1. The molecule has 2 aromatic heterocycles. The maximum absolute atomic E-state index is 12.4. The Hall–Kier alpha value is -3.42. The second kappa shape index (κ2) is 10.5. The Labute approximate surface area is 204 Å². The Morgan fingerprint density at radius 1 is 1.37 bits per heavy atom. The molecule has 4 rings (SSSR count). The van der Waals surface area contributed by atoms with Gasteiger partial charge < -0.3 is 19.3 Å². The molecule has 0 bridgehead atoms. The molecule has 1 amide bonds. The number of thioether (sulfide) groups is 1. The van der Waals surface area contributed by atoms with Crippen LogP contribution in [0.15, 0.2) is 40.3 Å². The number of ether oxygens (including phenoxy) is 3. The lowest BCUT2D eigenvalue weighted by atomic mass is 10.2. The fourth-order valence-corrected chi connectivity index (χ4v) is 3.99. The number of aromatic nitrogens is 4. The van der Waals surface area contributed by atoms with Crippen molar-refractivity contribution < 1.29 is 28.9 Å². The van der Waals surface area contributed by atoms with Crippen molar-refractivity contribution in [3.63, 3.8) is 0 Å². The largest absolute Gasteiger partial charge is 0.513 e. The molecule has 12 nitrogen and oxygen atoms in total. The number of rotatable bonds is 7. The number of hydrogen-bond acceptors (Lipinski definition) is 10. The molecule has 3 N–H and O–H groups in total. The molecule has 1 fully saturated rings. The van der Waals surface area contributed by atoms with Gasteiger partial charge in [0.1, 0.15) is 24.7 Å². The third kappa shape index (κ3) is 5.47. The Kier molecular flexibility index (Phi) is 7.38. The van der Waals surface area contributed by atoms with Crippen molar-refractivity contribution in [3.05, 3.63) is 40.9 Å². The molecule has 0 unspecified atom stereocenters. The minimum atomic E-state index is -0.953. The van der Waals surface area contributed by atoms with Gasteiger partial charge >= 0.3 is 6.16 Å². The smallest absolute Gasteiger partial charge is 0.431 e. The number of benzene rings is 1. The number of hydrogen-bond donors (Lipinski definition) is 3. The molecule has 1 aliphatic heterocycles. The number of aliphatic hydroxyl groups excluding tert-OH is 1. The van der Waals surface area contributed by atoms with Crippen LogP contribution in [-0.2, 0) is 14.3 Å². The first-order chi connectivity index (χ1) is 16.8. The summed E-state index contributed by atoms with van der Waals surface area (Å²) in [5, 5.41) is 13.0. The summed E-state index contributed by atoms with van der Waals surface area (Å²) in [5.41, 5.74) is -0.291. The first-order valence-corrected chi connectivity index (χ1v) is 12.1. The Balaban J connectivity index is 1.43. The van der Waals surface area contributed by atoms with E-state index in [9.17, 15) is 19.5 Å². The molecule has 1 aromatic carbocycles. The van der Waals surface area contributed by atoms with Gasteiger partial charge in [-0.2, -0.15) is 4.98 Å². The predicted octanol–water partition coefficient (Wildman–Crippen LogP) is 2.30. The molecule has 1 aliphatic rings. The number of nitrogens with one attached hydrogen (secondary N) is 2. The topological polar surface area (TPSA) is 158 Å². The number of imidazole rings is 1. The summed E-state index contributed by atoms with van der Waals surface area (Å²) in [7, 11) is 0. The number of fused-ring (bicyclic) bond motifs is 1. The van der Waals surface area contributed by atoms with Crippen LogP contribution < -0.4 is 15.6 Å². The Morgan fingerprint density at radius 3 is 2.89 bits per heavy atom. The maximum Gasteiger partial charge on any atom is 0.513 e. The molecule has 186 valence electrons. The number of aliphatic hydroxyl groups is 1. The maximum atomic E-state index is 12.4. The minimum absolute atomic E-state index is 0.0188. The van der Waals surface area contributed by atoms with Crippen LogP contribution >= 0.6 is 11.8 Å². The summed E-state index contributed by atoms with van der Waals surface area (Å²) in [4.78, 5) is 48.2. The monoisotopic (exact) mass is 503 g/mol.